The average molecular weight is 298 g/mol. The maximum Gasteiger partial charge on any atom is 0.329 e. The summed E-state index contributed by atoms with van der Waals surface area (Å²) in [6, 6.07) is -0.0758. The highest BCUT2D eigenvalue weighted by Gasteiger charge is 2.37. The number of amides is 2. The zero-order valence-electron chi connectivity index (χ0n) is 13.8. The molecule has 21 heavy (non-hydrogen) atoms. The van der Waals surface area contributed by atoms with Crippen LogP contribution in [0.3, 0.4) is 0 Å². The zero-order chi connectivity index (χ0) is 16.0. The predicted molar refractivity (Wildman–Crippen MR) is 83.3 cm³/mol. The van der Waals surface area contributed by atoms with E-state index in [4.69, 9.17) is 0 Å². The molecule has 122 valence electrons. The van der Waals surface area contributed by atoms with Crippen molar-refractivity contribution in [3.05, 3.63) is 0 Å². The highest BCUT2D eigenvalue weighted by atomic mass is 16.4. The molecule has 0 heterocycles. The number of likely N-dealkylation sites (N-methyl/N-ethyl adjacent to an activating group) is 1. The van der Waals surface area contributed by atoms with Crippen LogP contribution >= 0.6 is 0 Å². The minimum Gasteiger partial charge on any atom is -0.480 e. The van der Waals surface area contributed by atoms with Gasteiger partial charge in [0.25, 0.3) is 0 Å². The number of carboxylic acid groups (broad SMARTS) is 1. The molecule has 0 aromatic carbocycles. The van der Waals surface area contributed by atoms with Gasteiger partial charge in [0.15, 0.2) is 0 Å². The van der Waals surface area contributed by atoms with Gasteiger partial charge in [-0.2, -0.15) is 0 Å². The monoisotopic (exact) mass is 298 g/mol. The summed E-state index contributed by atoms with van der Waals surface area (Å²) >= 11 is 0. The summed E-state index contributed by atoms with van der Waals surface area (Å²) in [4.78, 5) is 25.1. The second-order valence-electron chi connectivity index (χ2n) is 6.56. The summed E-state index contributed by atoms with van der Waals surface area (Å²) in [5.41, 5.74) is -1.18. The number of carbonyl (C=O) groups excluding carboxylic acids is 1. The van der Waals surface area contributed by atoms with E-state index in [0.29, 0.717) is 6.54 Å². The van der Waals surface area contributed by atoms with E-state index in [2.05, 4.69) is 12.2 Å². The molecular weight excluding hydrogens is 268 g/mol. The van der Waals surface area contributed by atoms with Crippen molar-refractivity contribution in [2.24, 2.45) is 5.92 Å². The van der Waals surface area contributed by atoms with Crippen molar-refractivity contribution in [3.63, 3.8) is 0 Å². The Kier molecular flexibility index (Phi) is 6.49. The Bertz CT molecular complexity index is 361. The van der Waals surface area contributed by atoms with Gasteiger partial charge in [0.05, 0.1) is 0 Å². The van der Waals surface area contributed by atoms with Gasteiger partial charge in [0.2, 0.25) is 0 Å². The Balaban J connectivity index is 2.54. The fourth-order valence-corrected chi connectivity index (χ4v) is 3.16. The van der Waals surface area contributed by atoms with Crippen LogP contribution in [-0.2, 0) is 4.79 Å². The maximum atomic E-state index is 12.4. The van der Waals surface area contributed by atoms with Crippen molar-refractivity contribution < 1.29 is 14.7 Å². The number of rotatable bonds is 6. The minimum absolute atomic E-state index is 0.184. The molecule has 0 unspecified atom stereocenters. The van der Waals surface area contributed by atoms with Crippen LogP contribution in [0.4, 0.5) is 4.79 Å². The van der Waals surface area contributed by atoms with E-state index in [1.54, 1.807) is 13.8 Å². The van der Waals surface area contributed by atoms with Gasteiger partial charge in [-0.25, -0.2) is 9.59 Å². The first-order valence-corrected chi connectivity index (χ1v) is 8.14. The Morgan fingerprint density at radius 1 is 1.19 bits per heavy atom. The number of carbonyl (C=O) groups is 2. The van der Waals surface area contributed by atoms with Crippen LogP contribution in [0.2, 0.25) is 0 Å². The maximum absolute atomic E-state index is 12.4. The SMILES string of the molecule is CCCC1CCC(NC(=O)N(CC)C(C)(C)C(=O)O)CC1. The molecule has 5 nitrogen and oxygen atoms in total. The van der Waals surface area contributed by atoms with Gasteiger partial charge in [0.1, 0.15) is 5.54 Å². The van der Waals surface area contributed by atoms with Crippen molar-refractivity contribution in [1.29, 1.82) is 0 Å². The third-order valence-corrected chi connectivity index (χ3v) is 4.63. The van der Waals surface area contributed by atoms with Gasteiger partial charge in [-0.15, -0.1) is 0 Å². The third kappa shape index (κ3) is 4.61. The number of carboxylic acids is 1. The zero-order valence-corrected chi connectivity index (χ0v) is 13.8. The first-order valence-electron chi connectivity index (χ1n) is 8.14. The molecule has 1 saturated carbocycles. The molecule has 1 rings (SSSR count). The van der Waals surface area contributed by atoms with Crippen LogP contribution in [0, 0.1) is 5.92 Å². The summed E-state index contributed by atoms with van der Waals surface area (Å²) in [5.74, 6) is -0.188. The second kappa shape index (κ2) is 7.66. The number of urea groups is 1. The molecular formula is C16H30N2O3. The lowest BCUT2D eigenvalue weighted by molar-refractivity contribution is -0.147. The van der Waals surface area contributed by atoms with Crippen molar-refractivity contribution in [1.82, 2.24) is 10.2 Å². The average Bonchev–Trinajstić information content (AvgIpc) is 2.41. The van der Waals surface area contributed by atoms with Crippen LogP contribution in [-0.4, -0.2) is 40.1 Å². The van der Waals surface area contributed by atoms with Crippen molar-refractivity contribution >= 4 is 12.0 Å². The van der Waals surface area contributed by atoms with Crippen molar-refractivity contribution in [2.45, 2.75) is 77.8 Å². The van der Waals surface area contributed by atoms with Crippen molar-refractivity contribution in [3.8, 4) is 0 Å². The molecule has 0 bridgehead atoms. The molecule has 0 spiro atoms. The third-order valence-electron chi connectivity index (χ3n) is 4.63. The van der Waals surface area contributed by atoms with Gasteiger partial charge in [-0.1, -0.05) is 19.8 Å². The van der Waals surface area contributed by atoms with Crippen LogP contribution < -0.4 is 5.32 Å². The van der Waals surface area contributed by atoms with Gasteiger partial charge in [-0.05, 0) is 52.4 Å². The smallest absolute Gasteiger partial charge is 0.329 e. The quantitative estimate of drug-likeness (QED) is 0.791. The fraction of sp³-hybridized carbons (Fsp3) is 0.875. The molecule has 0 aromatic rings. The summed E-state index contributed by atoms with van der Waals surface area (Å²) in [6.45, 7) is 7.53. The topological polar surface area (TPSA) is 69.6 Å². The Morgan fingerprint density at radius 3 is 2.19 bits per heavy atom. The first kappa shape index (κ1) is 17.8. The normalized spacial score (nSPS) is 22.7. The van der Waals surface area contributed by atoms with Gasteiger partial charge in [0, 0.05) is 12.6 Å². The van der Waals surface area contributed by atoms with E-state index in [9.17, 15) is 14.7 Å². The number of nitrogens with zero attached hydrogens (tertiary/aromatic N) is 1. The van der Waals surface area contributed by atoms with Gasteiger partial charge >= 0.3 is 12.0 Å². The highest BCUT2D eigenvalue weighted by Crippen LogP contribution is 2.28. The fourth-order valence-electron chi connectivity index (χ4n) is 3.16. The molecule has 0 aliphatic heterocycles. The molecule has 2 N–H and O–H groups in total. The van der Waals surface area contributed by atoms with Gasteiger partial charge < -0.3 is 15.3 Å². The molecule has 1 fully saturated rings. The molecule has 0 saturated heterocycles. The van der Waals surface area contributed by atoms with E-state index in [1.807, 2.05) is 6.92 Å². The highest BCUT2D eigenvalue weighted by molar-refractivity contribution is 5.85. The Labute approximate surface area is 128 Å². The Morgan fingerprint density at radius 2 is 1.76 bits per heavy atom. The molecule has 1 aliphatic rings. The summed E-state index contributed by atoms with van der Waals surface area (Å²) < 4.78 is 0. The van der Waals surface area contributed by atoms with Crippen LogP contribution in [0.5, 0.6) is 0 Å². The minimum atomic E-state index is -1.18. The standard InChI is InChI=1S/C16H30N2O3/c1-5-7-12-8-10-13(11-9-12)17-15(21)18(6-2)16(3,4)14(19)20/h12-13H,5-11H2,1-4H3,(H,17,21)(H,19,20). The summed E-state index contributed by atoms with van der Waals surface area (Å²) in [5, 5.41) is 12.3. The summed E-state index contributed by atoms with van der Waals surface area (Å²) in [7, 11) is 0. The molecule has 2 amide bonds. The molecule has 1 aliphatic carbocycles. The number of aliphatic carboxylic acids is 1. The lowest BCUT2D eigenvalue weighted by Crippen LogP contribution is -2.57. The largest absolute Gasteiger partial charge is 0.480 e. The van der Waals surface area contributed by atoms with E-state index in [0.717, 1.165) is 31.6 Å². The van der Waals surface area contributed by atoms with Gasteiger partial charge in [-0.3, -0.25) is 0 Å². The summed E-state index contributed by atoms with van der Waals surface area (Å²) in [6.07, 6.45) is 6.81. The molecule has 0 aromatic heterocycles. The van der Waals surface area contributed by atoms with E-state index >= 15 is 0 Å². The van der Waals surface area contributed by atoms with Crippen LogP contribution in [0.25, 0.3) is 0 Å². The molecule has 5 heteroatoms. The lowest BCUT2D eigenvalue weighted by atomic mass is 9.83. The van der Waals surface area contributed by atoms with E-state index in [-0.39, 0.29) is 12.1 Å². The number of nitrogens with one attached hydrogen (secondary N) is 1. The van der Waals surface area contributed by atoms with E-state index in [1.165, 1.54) is 17.7 Å². The number of hydrogen-bond donors (Lipinski definition) is 2. The molecule has 0 atom stereocenters. The molecule has 0 radical (unpaired) electrons. The lowest BCUT2D eigenvalue weighted by Gasteiger charge is -2.36. The second-order valence-corrected chi connectivity index (χ2v) is 6.56. The number of hydrogen-bond acceptors (Lipinski definition) is 2. The van der Waals surface area contributed by atoms with Crippen molar-refractivity contribution in [2.75, 3.05) is 6.54 Å². The van der Waals surface area contributed by atoms with Crippen LogP contribution in [0.15, 0.2) is 0 Å². The van der Waals surface area contributed by atoms with E-state index < -0.39 is 11.5 Å². The predicted octanol–water partition coefficient (Wildman–Crippen LogP) is 3.24. The van der Waals surface area contributed by atoms with Crippen LogP contribution in [0.1, 0.15) is 66.2 Å². The Hall–Kier alpha value is -1.26. The first-order chi connectivity index (χ1) is 9.82.